The van der Waals surface area contributed by atoms with Crippen molar-refractivity contribution in [1.29, 1.82) is 0 Å². The summed E-state index contributed by atoms with van der Waals surface area (Å²) in [5.74, 6) is 0.266. The van der Waals surface area contributed by atoms with Crippen molar-refractivity contribution in [3.05, 3.63) is 57.9 Å². The van der Waals surface area contributed by atoms with Gasteiger partial charge in [-0.05, 0) is 61.7 Å². The normalized spacial score (nSPS) is 10.5. The molecule has 0 aliphatic rings. The highest BCUT2D eigenvalue weighted by Crippen LogP contribution is 2.30. The van der Waals surface area contributed by atoms with E-state index >= 15 is 0 Å². The number of halogens is 2. The molecule has 21 heavy (non-hydrogen) atoms. The first-order chi connectivity index (χ1) is 9.92. The molecule has 0 heterocycles. The van der Waals surface area contributed by atoms with Crippen LogP contribution in [0.4, 0.5) is 4.39 Å². The smallest absolute Gasteiger partial charge is 0.163 e. The first-order valence-corrected chi connectivity index (χ1v) is 7.07. The monoisotopic (exact) mass is 306 g/mol. The van der Waals surface area contributed by atoms with Crippen LogP contribution < -0.4 is 4.74 Å². The van der Waals surface area contributed by atoms with Crippen molar-refractivity contribution >= 4 is 17.4 Å². The molecule has 0 aliphatic heterocycles. The summed E-state index contributed by atoms with van der Waals surface area (Å²) >= 11 is 6.07. The van der Waals surface area contributed by atoms with Crippen molar-refractivity contribution in [3.8, 4) is 11.5 Å². The van der Waals surface area contributed by atoms with Crippen LogP contribution in [0.5, 0.6) is 11.5 Å². The van der Waals surface area contributed by atoms with Crippen molar-refractivity contribution in [2.45, 2.75) is 27.2 Å². The third kappa shape index (κ3) is 3.42. The van der Waals surface area contributed by atoms with Gasteiger partial charge in [0.1, 0.15) is 17.3 Å². The number of ketones is 1. The van der Waals surface area contributed by atoms with Crippen LogP contribution in [0.2, 0.25) is 5.02 Å². The van der Waals surface area contributed by atoms with Gasteiger partial charge in [0, 0.05) is 5.02 Å². The minimum Gasteiger partial charge on any atom is -0.457 e. The lowest BCUT2D eigenvalue weighted by Gasteiger charge is -2.12. The van der Waals surface area contributed by atoms with E-state index in [0.717, 1.165) is 12.0 Å². The molecule has 2 nitrogen and oxygen atoms in total. The molecule has 4 heteroatoms. The third-order valence-electron chi connectivity index (χ3n) is 3.27. The average Bonchev–Trinajstić information content (AvgIpc) is 2.44. The van der Waals surface area contributed by atoms with Crippen molar-refractivity contribution in [2.24, 2.45) is 0 Å². The second-order valence-corrected chi connectivity index (χ2v) is 5.27. The van der Waals surface area contributed by atoms with Gasteiger partial charge in [-0.3, -0.25) is 4.79 Å². The molecule has 0 N–H and O–H groups in total. The Hall–Kier alpha value is -1.87. The van der Waals surface area contributed by atoms with Gasteiger partial charge in [0.25, 0.3) is 0 Å². The molecule has 0 atom stereocenters. The maximum atomic E-state index is 13.6. The number of rotatable bonds is 4. The maximum absolute atomic E-state index is 13.6. The number of Topliss-reactive ketones (excluding diaryl/α,β-unsaturated/α-hetero) is 1. The Morgan fingerprint density at radius 2 is 2.00 bits per heavy atom. The minimum atomic E-state index is -0.419. The molecular formula is C17H16ClFO2. The molecule has 0 amide bonds. The molecule has 0 fully saturated rings. The van der Waals surface area contributed by atoms with E-state index < -0.39 is 5.82 Å². The summed E-state index contributed by atoms with van der Waals surface area (Å²) in [5, 5.41) is 0.673. The van der Waals surface area contributed by atoms with Gasteiger partial charge in [-0.25, -0.2) is 4.39 Å². The minimum absolute atomic E-state index is 0.228. The van der Waals surface area contributed by atoms with Gasteiger partial charge in [-0.1, -0.05) is 18.5 Å². The summed E-state index contributed by atoms with van der Waals surface area (Å²) in [5.41, 5.74) is 1.61. The molecule has 110 valence electrons. The van der Waals surface area contributed by atoms with Crippen LogP contribution in [0.1, 0.15) is 35.3 Å². The Morgan fingerprint density at radius 1 is 1.29 bits per heavy atom. The zero-order chi connectivity index (χ0) is 15.6. The van der Waals surface area contributed by atoms with Crippen LogP contribution in [0.15, 0.2) is 30.3 Å². The van der Waals surface area contributed by atoms with Crippen LogP contribution in [-0.2, 0) is 6.42 Å². The molecule has 0 saturated heterocycles. The van der Waals surface area contributed by atoms with E-state index in [1.807, 2.05) is 13.0 Å². The predicted octanol–water partition coefficient (Wildman–Crippen LogP) is 5.34. The second-order valence-electron chi connectivity index (χ2n) is 4.86. The van der Waals surface area contributed by atoms with Crippen LogP contribution in [0.25, 0.3) is 0 Å². The summed E-state index contributed by atoms with van der Waals surface area (Å²) in [4.78, 5) is 11.6. The molecule has 2 aromatic rings. The van der Waals surface area contributed by atoms with Gasteiger partial charge in [0.05, 0.1) is 5.56 Å². The first kappa shape index (κ1) is 15.5. The summed E-state index contributed by atoms with van der Waals surface area (Å²) in [6, 6.07) is 8.05. The molecule has 0 bridgehead atoms. The zero-order valence-corrected chi connectivity index (χ0v) is 12.9. The zero-order valence-electron chi connectivity index (χ0n) is 12.2. The standard InChI is InChI=1S/C17H16ClFO2/c1-4-12-8-13(5-6-15(12)18)21-17-7-10(2)16(19)9-14(17)11(3)20/h5-9H,4H2,1-3H3. The Labute approximate surface area is 128 Å². The number of benzene rings is 2. The quantitative estimate of drug-likeness (QED) is 0.712. The fourth-order valence-electron chi connectivity index (χ4n) is 2.03. The lowest BCUT2D eigenvalue weighted by molar-refractivity contribution is 0.101. The van der Waals surface area contributed by atoms with E-state index in [-0.39, 0.29) is 11.3 Å². The number of hydrogen-bond donors (Lipinski definition) is 0. The SMILES string of the molecule is CCc1cc(Oc2cc(C)c(F)cc2C(C)=O)ccc1Cl. The summed E-state index contributed by atoms with van der Waals surface area (Å²) in [6.45, 7) is 5.01. The summed E-state index contributed by atoms with van der Waals surface area (Å²) in [6.07, 6.45) is 0.776. The number of carbonyl (C=O) groups is 1. The van der Waals surface area contributed by atoms with Gasteiger partial charge < -0.3 is 4.74 Å². The van der Waals surface area contributed by atoms with Crippen LogP contribution in [-0.4, -0.2) is 5.78 Å². The Bertz CT molecular complexity index is 695. The highest BCUT2D eigenvalue weighted by atomic mass is 35.5. The van der Waals surface area contributed by atoms with E-state index in [1.54, 1.807) is 19.1 Å². The Balaban J connectivity index is 2.43. The van der Waals surface area contributed by atoms with E-state index in [2.05, 4.69) is 0 Å². The first-order valence-electron chi connectivity index (χ1n) is 6.69. The molecule has 0 aliphatic carbocycles. The van der Waals surface area contributed by atoms with Gasteiger partial charge >= 0.3 is 0 Å². The molecule has 2 rings (SSSR count). The number of hydrogen-bond acceptors (Lipinski definition) is 2. The highest BCUT2D eigenvalue weighted by molar-refractivity contribution is 6.31. The Kier molecular flexibility index (Phi) is 4.63. The van der Waals surface area contributed by atoms with Crippen molar-refractivity contribution in [1.82, 2.24) is 0 Å². The van der Waals surface area contributed by atoms with E-state index in [4.69, 9.17) is 16.3 Å². The van der Waals surface area contributed by atoms with Crippen molar-refractivity contribution < 1.29 is 13.9 Å². The molecule has 0 saturated carbocycles. The number of aryl methyl sites for hydroxylation is 2. The van der Waals surface area contributed by atoms with Gasteiger partial charge in [-0.2, -0.15) is 0 Å². The summed E-state index contributed by atoms with van der Waals surface area (Å²) in [7, 11) is 0. The molecule has 2 aromatic carbocycles. The van der Waals surface area contributed by atoms with Crippen molar-refractivity contribution in [3.63, 3.8) is 0 Å². The third-order valence-corrected chi connectivity index (χ3v) is 3.63. The average molecular weight is 307 g/mol. The fourth-order valence-corrected chi connectivity index (χ4v) is 2.28. The van der Waals surface area contributed by atoms with E-state index in [0.29, 0.717) is 22.1 Å². The molecule has 0 radical (unpaired) electrons. The van der Waals surface area contributed by atoms with Crippen molar-refractivity contribution in [2.75, 3.05) is 0 Å². The summed E-state index contributed by atoms with van der Waals surface area (Å²) < 4.78 is 19.4. The van der Waals surface area contributed by atoms with Gasteiger partial charge in [-0.15, -0.1) is 0 Å². The molecule has 0 aromatic heterocycles. The molecular weight excluding hydrogens is 291 g/mol. The van der Waals surface area contributed by atoms with Gasteiger partial charge in [0.15, 0.2) is 5.78 Å². The second kappa shape index (κ2) is 6.27. The lowest BCUT2D eigenvalue weighted by atomic mass is 10.1. The fraction of sp³-hybridized carbons (Fsp3) is 0.235. The van der Waals surface area contributed by atoms with Crippen LogP contribution in [0.3, 0.4) is 0 Å². The lowest BCUT2D eigenvalue weighted by Crippen LogP contribution is -2.00. The predicted molar refractivity (Wildman–Crippen MR) is 82.0 cm³/mol. The highest BCUT2D eigenvalue weighted by Gasteiger charge is 2.14. The number of carbonyl (C=O) groups excluding carboxylic acids is 1. The maximum Gasteiger partial charge on any atom is 0.163 e. The molecule has 0 spiro atoms. The topological polar surface area (TPSA) is 26.3 Å². The van der Waals surface area contributed by atoms with Crippen LogP contribution >= 0.6 is 11.6 Å². The largest absolute Gasteiger partial charge is 0.457 e. The Morgan fingerprint density at radius 3 is 2.62 bits per heavy atom. The molecule has 0 unspecified atom stereocenters. The number of ether oxygens (including phenoxy) is 1. The van der Waals surface area contributed by atoms with Gasteiger partial charge in [0.2, 0.25) is 0 Å². The van der Waals surface area contributed by atoms with E-state index in [9.17, 15) is 9.18 Å². The van der Waals surface area contributed by atoms with Crippen LogP contribution in [0, 0.1) is 12.7 Å². The van der Waals surface area contributed by atoms with E-state index in [1.165, 1.54) is 19.1 Å².